The molecule has 11 heteroatoms. The molecule has 6 aromatic heterocycles. The Balaban J connectivity index is 1.26. The number of imidazole rings is 1. The first-order valence-corrected chi connectivity index (χ1v) is 12.8. The van der Waals surface area contributed by atoms with Crippen LogP contribution in [0.25, 0.3) is 55.3 Å². The maximum atomic E-state index is 13.7. The van der Waals surface area contributed by atoms with Crippen molar-refractivity contribution >= 4 is 33.4 Å². The van der Waals surface area contributed by atoms with Gasteiger partial charge in [-0.1, -0.05) is 0 Å². The third kappa shape index (κ3) is 4.11. The number of nitrogens with zero attached hydrogens (tertiary/aromatic N) is 5. The van der Waals surface area contributed by atoms with Crippen LogP contribution < -0.4 is 10.1 Å². The Morgan fingerprint density at radius 3 is 2.68 bits per heavy atom. The van der Waals surface area contributed by atoms with Crippen molar-refractivity contribution in [2.75, 3.05) is 13.1 Å². The van der Waals surface area contributed by atoms with Gasteiger partial charge in [0.1, 0.15) is 22.9 Å². The van der Waals surface area contributed by atoms with E-state index in [9.17, 15) is 4.39 Å². The molecule has 0 aliphatic carbocycles. The molecule has 37 heavy (non-hydrogen) atoms. The maximum absolute atomic E-state index is 13.7. The summed E-state index contributed by atoms with van der Waals surface area (Å²) in [5.41, 5.74) is 5.87. The average Bonchev–Trinajstić information content (AvgIpc) is 3.66. The molecule has 0 aromatic carbocycles. The number of hydrogen-bond acceptors (Lipinski definition) is 8. The summed E-state index contributed by atoms with van der Waals surface area (Å²) in [6.07, 6.45) is 9.06. The molecular weight excluding hydrogens is 491 g/mol. The van der Waals surface area contributed by atoms with Crippen LogP contribution in [0.2, 0.25) is 0 Å². The lowest BCUT2D eigenvalue weighted by Crippen LogP contribution is -2.34. The number of piperidine rings is 1. The number of rotatable bonds is 5. The lowest BCUT2D eigenvalue weighted by Gasteiger charge is -2.23. The molecule has 7 rings (SSSR count). The van der Waals surface area contributed by atoms with E-state index in [4.69, 9.17) is 14.7 Å². The van der Waals surface area contributed by atoms with E-state index < -0.39 is 0 Å². The van der Waals surface area contributed by atoms with Crippen LogP contribution in [-0.4, -0.2) is 54.3 Å². The van der Waals surface area contributed by atoms with Crippen molar-refractivity contribution < 1.29 is 9.13 Å². The Kier molecular flexibility index (Phi) is 5.37. The molecule has 0 saturated carbocycles. The third-order valence-electron chi connectivity index (χ3n) is 6.46. The Hall–Kier alpha value is -4.22. The second-order valence-corrected chi connectivity index (χ2v) is 9.95. The second kappa shape index (κ2) is 9.02. The molecule has 184 valence electrons. The highest BCUT2D eigenvalue weighted by molar-refractivity contribution is 7.14. The zero-order chi connectivity index (χ0) is 24.8. The van der Waals surface area contributed by atoms with Crippen LogP contribution in [0.3, 0.4) is 0 Å². The van der Waals surface area contributed by atoms with Gasteiger partial charge in [0.2, 0.25) is 0 Å². The number of H-pyrrole nitrogens is 2. The fourth-order valence-corrected chi connectivity index (χ4v) is 5.38. The molecule has 3 N–H and O–H groups in total. The van der Waals surface area contributed by atoms with Gasteiger partial charge in [0.15, 0.2) is 16.6 Å². The Morgan fingerprint density at radius 1 is 0.919 bits per heavy atom. The summed E-state index contributed by atoms with van der Waals surface area (Å²) in [5, 5.41) is 10.6. The molecule has 7 heterocycles. The van der Waals surface area contributed by atoms with Crippen LogP contribution in [-0.2, 0) is 0 Å². The van der Waals surface area contributed by atoms with Crippen LogP contribution in [0.5, 0.6) is 5.75 Å². The number of nitrogens with one attached hydrogen (secondary N) is 3. The molecule has 0 unspecified atom stereocenters. The number of fused-ring (bicyclic) bond motifs is 2. The minimum absolute atomic E-state index is 0.187. The monoisotopic (exact) mass is 512 g/mol. The van der Waals surface area contributed by atoms with Gasteiger partial charge in [-0.25, -0.2) is 9.97 Å². The predicted molar refractivity (Wildman–Crippen MR) is 140 cm³/mol. The molecule has 9 nitrogen and oxygen atoms in total. The van der Waals surface area contributed by atoms with E-state index in [1.54, 1.807) is 30.9 Å². The van der Waals surface area contributed by atoms with Gasteiger partial charge in [-0.15, -0.1) is 11.3 Å². The van der Waals surface area contributed by atoms with E-state index in [2.05, 4.69) is 30.5 Å². The van der Waals surface area contributed by atoms with E-state index in [0.717, 1.165) is 75.7 Å². The Bertz CT molecular complexity index is 1740. The smallest absolute Gasteiger partial charge is 0.176 e. The summed E-state index contributed by atoms with van der Waals surface area (Å²) in [7, 11) is 0. The highest BCUT2D eigenvalue weighted by atomic mass is 32.1. The fourth-order valence-electron chi connectivity index (χ4n) is 4.64. The highest BCUT2D eigenvalue weighted by Gasteiger charge is 2.19. The van der Waals surface area contributed by atoms with Gasteiger partial charge in [-0.05, 0) is 56.3 Å². The van der Waals surface area contributed by atoms with Crippen LogP contribution in [0.1, 0.15) is 12.8 Å². The molecule has 1 aliphatic rings. The molecule has 1 fully saturated rings. The van der Waals surface area contributed by atoms with Crippen molar-refractivity contribution in [3.63, 3.8) is 0 Å². The van der Waals surface area contributed by atoms with Crippen molar-refractivity contribution in [3.05, 3.63) is 60.3 Å². The van der Waals surface area contributed by atoms with Gasteiger partial charge < -0.3 is 15.0 Å². The molecule has 0 atom stereocenters. The van der Waals surface area contributed by atoms with Gasteiger partial charge in [0.05, 0.1) is 29.1 Å². The molecule has 0 spiro atoms. The number of aromatic nitrogens is 7. The van der Waals surface area contributed by atoms with Gasteiger partial charge in [-0.2, -0.15) is 9.49 Å². The number of aromatic amines is 2. The lowest BCUT2D eigenvalue weighted by molar-refractivity contribution is 0.162. The standard InChI is InChI=1S/C26H21FN8OS/c27-22-4-3-21(37-22)17-12-30-13-20-23(17)33-26(32-20)25-24-19(34-35-25)2-1-18(31-24)14-9-16(11-29-10-14)36-15-5-7-28-8-6-15/h1-4,9-13,15,28H,5-8H2,(H,32,33)(H,34,35). The highest BCUT2D eigenvalue weighted by Crippen LogP contribution is 2.34. The number of ether oxygens (including phenoxy) is 1. The Labute approximate surface area is 214 Å². The minimum Gasteiger partial charge on any atom is -0.489 e. The number of hydrogen-bond donors (Lipinski definition) is 3. The molecule has 0 amide bonds. The fraction of sp³-hybridized carbons (Fsp3) is 0.192. The van der Waals surface area contributed by atoms with Crippen LogP contribution in [0.4, 0.5) is 4.39 Å². The van der Waals surface area contributed by atoms with Crippen LogP contribution in [0.15, 0.2) is 55.1 Å². The largest absolute Gasteiger partial charge is 0.489 e. The first kappa shape index (κ1) is 22.0. The first-order chi connectivity index (χ1) is 18.2. The van der Waals surface area contributed by atoms with Crippen molar-refractivity contribution in [3.8, 4) is 39.0 Å². The minimum atomic E-state index is -0.252. The van der Waals surface area contributed by atoms with Crippen molar-refractivity contribution in [2.24, 2.45) is 0 Å². The molecule has 6 aromatic rings. The van der Waals surface area contributed by atoms with Crippen molar-refractivity contribution in [1.82, 2.24) is 40.4 Å². The molecular formula is C26H21FN8OS. The topological polar surface area (TPSA) is 117 Å². The Morgan fingerprint density at radius 2 is 1.81 bits per heavy atom. The van der Waals surface area contributed by atoms with Crippen molar-refractivity contribution in [2.45, 2.75) is 18.9 Å². The van der Waals surface area contributed by atoms with E-state index in [-0.39, 0.29) is 11.2 Å². The summed E-state index contributed by atoms with van der Waals surface area (Å²) < 4.78 is 19.8. The molecule has 1 aliphatic heterocycles. The normalized spacial score (nSPS) is 14.5. The third-order valence-corrected chi connectivity index (χ3v) is 7.37. The van der Waals surface area contributed by atoms with Gasteiger partial charge >= 0.3 is 0 Å². The summed E-state index contributed by atoms with van der Waals surface area (Å²) in [6.45, 7) is 1.92. The molecule has 1 saturated heterocycles. The van der Waals surface area contributed by atoms with E-state index in [0.29, 0.717) is 22.6 Å². The first-order valence-electron chi connectivity index (χ1n) is 12.0. The average molecular weight is 513 g/mol. The summed E-state index contributed by atoms with van der Waals surface area (Å²) in [5.74, 6) is 1.29. The van der Waals surface area contributed by atoms with Crippen molar-refractivity contribution in [1.29, 1.82) is 0 Å². The quantitative estimate of drug-likeness (QED) is 0.299. The van der Waals surface area contributed by atoms with E-state index in [1.165, 1.54) is 6.07 Å². The lowest BCUT2D eigenvalue weighted by atomic mass is 10.1. The summed E-state index contributed by atoms with van der Waals surface area (Å²) in [4.78, 5) is 22.5. The SMILES string of the molecule is Fc1ccc(-c2cncc3[nH]c(-c4n[nH]c5ccc(-c6cncc(OC7CCNCC7)c6)nc45)nc23)s1. The predicted octanol–water partition coefficient (Wildman–Crippen LogP) is 4.96. The summed E-state index contributed by atoms with van der Waals surface area (Å²) >= 11 is 1.06. The number of thiophene rings is 1. The zero-order valence-corrected chi connectivity index (χ0v) is 20.3. The van der Waals surface area contributed by atoms with Gasteiger partial charge in [-0.3, -0.25) is 15.1 Å². The zero-order valence-electron chi connectivity index (χ0n) is 19.5. The van der Waals surface area contributed by atoms with Crippen LogP contribution in [0, 0.1) is 5.13 Å². The van der Waals surface area contributed by atoms with Gasteiger partial charge in [0.25, 0.3) is 0 Å². The van der Waals surface area contributed by atoms with E-state index >= 15 is 0 Å². The number of halogens is 1. The molecule has 0 bridgehead atoms. The second-order valence-electron chi connectivity index (χ2n) is 8.91. The van der Waals surface area contributed by atoms with Gasteiger partial charge in [0, 0.05) is 28.4 Å². The van der Waals surface area contributed by atoms with Crippen LogP contribution >= 0.6 is 11.3 Å². The molecule has 0 radical (unpaired) electrons. The van der Waals surface area contributed by atoms with E-state index in [1.807, 2.05) is 18.2 Å². The summed E-state index contributed by atoms with van der Waals surface area (Å²) in [6, 6.07) is 9.03. The maximum Gasteiger partial charge on any atom is 0.176 e. The number of pyridine rings is 3.